The first-order valence-electron chi connectivity index (χ1n) is 10.6. The van der Waals surface area contributed by atoms with Crippen LogP contribution in [0.2, 0.25) is 5.02 Å². The molecule has 0 aliphatic heterocycles. The fourth-order valence-electron chi connectivity index (χ4n) is 3.68. The zero-order chi connectivity index (χ0) is 21.5. The van der Waals surface area contributed by atoms with Gasteiger partial charge in [0.2, 0.25) is 0 Å². The Labute approximate surface area is 185 Å². The van der Waals surface area contributed by atoms with Crippen LogP contribution in [0.4, 0.5) is 11.4 Å². The molecular weight excluding hydrogens is 392 g/mol. The molecule has 4 heteroatoms. The quantitative estimate of drug-likeness (QED) is 0.385. The summed E-state index contributed by atoms with van der Waals surface area (Å²) in [5, 5.41) is 7.50. The molecule has 0 saturated carbocycles. The van der Waals surface area contributed by atoms with E-state index in [4.69, 9.17) is 16.3 Å². The summed E-state index contributed by atoms with van der Waals surface area (Å²) in [5.74, 6) is 0. The first-order valence-corrected chi connectivity index (χ1v) is 10.9. The summed E-state index contributed by atoms with van der Waals surface area (Å²) in [7, 11) is 0. The van der Waals surface area contributed by atoms with Crippen LogP contribution in [0.5, 0.6) is 0 Å². The Bertz CT molecular complexity index is 987. The minimum atomic E-state index is -0.234. The third-order valence-electron chi connectivity index (χ3n) is 5.18. The molecular formula is C26H31ClN2O. The highest BCUT2D eigenvalue weighted by atomic mass is 35.5. The first-order chi connectivity index (χ1) is 14.5. The van der Waals surface area contributed by atoms with Gasteiger partial charge in [0.25, 0.3) is 0 Å². The summed E-state index contributed by atoms with van der Waals surface area (Å²) in [5.41, 5.74) is 7.96. The normalized spacial score (nSPS) is 11.9. The molecule has 30 heavy (non-hydrogen) atoms. The smallest absolute Gasteiger partial charge is 0.109 e. The van der Waals surface area contributed by atoms with Crippen molar-refractivity contribution in [2.75, 3.05) is 23.7 Å². The Balaban J connectivity index is 1.89. The Kier molecular flexibility index (Phi) is 7.78. The second-order valence-electron chi connectivity index (χ2n) is 7.50. The van der Waals surface area contributed by atoms with Gasteiger partial charge in [0.1, 0.15) is 6.10 Å². The van der Waals surface area contributed by atoms with Gasteiger partial charge in [-0.05, 0) is 68.1 Å². The van der Waals surface area contributed by atoms with Crippen LogP contribution < -0.4 is 10.6 Å². The van der Waals surface area contributed by atoms with Gasteiger partial charge in [-0.1, -0.05) is 54.1 Å². The first kappa shape index (κ1) is 22.2. The van der Waals surface area contributed by atoms with E-state index in [0.717, 1.165) is 40.5 Å². The number of benzene rings is 3. The fourth-order valence-corrected chi connectivity index (χ4v) is 3.91. The third-order valence-corrected chi connectivity index (χ3v) is 5.53. The number of anilines is 2. The predicted molar refractivity (Wildman–Crippen MR) is 129 cm³/mol. The molecule has 0 radical (unpaired) electrons. The van der Waals surface area contributed by atoms with Crippen LogP contribution in [-0.2, 0) is 11.3 Å². The second kappa shape index (κ2) is 10.5. The molecule has 3 aromatic rings. The zero-order valence-electron chi connectivity index (χ0n) is 18.3. The van der Waals surface area contributed by atoms with Gasteiger partial charge in [-0.3, -0.25) is 0 Å². The monoisotopic (exact) mass is 422 g/mol. The largest absolute Gasteiger partial charge is 0.385 e. The average molecular weight is 423 g/mol. The molecule has 0 saturated heterocycles. The van der Waals surface area contributed by atoms with Crippen LogP contribution in [0.1, 0.15) is 47.8 Å². The maximum atomic E-state index is 6.55. The van der Waals surface area contributed by atoms with Crippen molar-refractivity contribution in [2.45, 2.75) is 40.4 Å². The highest BCUT2D eigenvalue weighted by Crippen LogP contribution is 2.34. The lowest BCUT2D eigenvalue weighted by atomic mass is 9.98. The van der Waals surface area contributed by atoms with E-state index in [0.29, 0.717) is 6.61 Å². The van der Waals surface area contributed by atoms with Crippen molar-refractivity contribution in [3.8, 4) is 0 Å². The van der Waals surface area contributed by atoms with Crippen molar-refractivity contribution < 1.29 is 4.74 Å². The minimum Gasteiger partial charge on any atom is -0.385 e. The minimum absolute atomic E-state index is 0.234. The van der Waals surface area contributed by atoms with Crippen molar-refractivity contribution in [3.05, 3.63) is 93.5 Å². The lowest BCUT2D eigenvalue weighted by Gasteiger charge is -2.22. The molecule has 158 valence electrons. The van der Waals surface area contributed by atoms with Gasteiger partial charge in [0.15, 0.2) is 0 Å². The van der Waals surface area contributed by atoms with Crippen LogP contribution in [-0.4, -0.2) is 13.1 Å². The van der Waals surface area contributed by atoms with Crippen LogP contribution in [0.3, 0.4) is 0 Å². The van der Waals surface area contributed by atoms with Crippen molar-refractivity contribution in [1.29, 1.82) is 0 Å². The van der Waals surface area contributed by atoms with Gasteiger partial charge in [0.05, 0.1) is 6.61 Å². The van der Waals surface area contributed by atoms with Crippen molar-refractivity contribution >= 4 is 23.0 Å². The summed E-state index contributed by atoms with van der Waals surface area (Å²) in [6, 6.07) is 20.8. The molecule has 0 fully saturated rings. The van der Waals surface area contributed by atoms with Crippen molar-refractivity contribution in [2.24, 2.45) is 0 Å². The lowest BCUT2D eigenvalue weighted by Crippen LogP contribution is -2.09. The summed E-state index contributed by atoms with van der Waals surface area (Å²) >= 11 is 6.55. The highest BCUT2D eigenvalue weighted by Gasteiger charge is 2.19. The molecule has 0 heterocycles. The van der Waals surface area contributed by atoms with Crippen LogP contribution >= 0.6 is 11.6 Å². The van der Waals surface area contributed by atoms with E-state index >= 15 is 0 Å². The SMILES string of the molecule is CCNc1ccc(COC(c2ccc(NCC)c(C)c2)c2ccccc2Cl)cc1C. The average Bonchev–Trinajstić information content (AvgIpc) is 2.73. The fraction of sp³-hybridized carbons (Fsp3) is 0.308. The second-order valence-corrected chi connectivity index (χ2v) is 7.90. The van der Waals surface area contributed by atoms with Gasteiger partial charge >= 0.3 is 0 Å². The summed E-state index contributed by atoms with van der Waals surface area (Å²) in [4.78, 5) is 0. The van der Waals surface area contributed by atoms with Crippen LogP contribution in [0.15, 0.2) is 60.7 Å². The lowest BCUT2D eigenvalue weighted by molar-refractivity contribution is 0.0667. The van der Waals surface area contributed by atoms with E-state index in [1.165, 1.54) is 16.8 Å². The number of rotatable bonds is 9. The van der Waals surface area contributed by atoms with Gasteiger partial charge in [-0.2, -0.15) is 0 Å². The molecule has 2 N–H and O–H groups in total. The molecule has 1 atom stereocenters. The molecule has 0 aliphatic rings. The predicted octanol–water partition coefficient (Wildman–Crippen LogP) is 7.13. The number of hydrogen-bond acceptors (Lipinski definition) is 3. The highest BCUT2D eigenvalue weighted by molar-refractivity contribution is 6.31. The molecule has 0 bridgehead atoms. The maximum Gasteiger partial charge on any atom is 0.109 e. The van der Waals surface area contributed by atoms with Gasteiger partial charge in [-0.25, -0.2) is 0 Å². The van der Waals surface area contributed by atoms with Crippen molar-refractivity contribution in [3.63, 3.8) is 0 Å². The molecule has 0 aromatic heterocycles. The molecule has 0 amide bonds. The van der Waals surface area contributed by atoms with E-state index < -0.39 is 0 Å². The van der Waals surface area contributed by atoms with Crippen LogP contribution in [0.25, 0.3) is 0 Å². The van der Waals surface area contributed by atoms with Gasteiger partial charge in [0, 0.05) is 35.1 Å². The molecule has 3 aromatic carbocycles. The molecule has 3 nitrogen and oxygen atoms in total. The third kappa shape index (κ3) is 5.35. The van der Waals surface area contributed by atoms with Crippen LogP contribution in [0, 0.1) is 13.8 Å². The van der Waals surface area contributed by atoms with E-state index in [2.05, 4.69) is 74.7 Å². The standard InChI is InChI=1S/C26H31ClN2O/c1-5-28-24-13-11-20(15-18(24)3)17-30-26(22-9-7-8-10-23(22)27)21-12-14-25(29-6-2)19(4)16-21/h7-16,26,28-29H,5-6,17H2,1-4H3. The number of aryl methyl sites for hydroxylation is 2. The van der Waals surface area contributed by atoms with Crippen molar-refractivity contribution in [1.82, 2.24) is 0 Å². The summed E-state index contributed by atoms with van der Waals surface area (Å²) < 4.78 is 6.47. The zero-order valence-corrected chi connectivity index (χ0v) is 19.0. The number of nitrogens with one attached hydrogen (secondary N) is 2. The van der Waals surface area contributed by atoms with Gasteiger partial charge < -0.3 is 15.4 Å². The van der Waals surface area contributed by atoms with E-state index in [-0.39, 0.29) is 6.10 Å². The molecule has 0 aliphatic carbocycles. The summed E-state index contributed by atoms with van der Waals surface area (Å²) in [6.45, 7) is 10.8. The Morgan fingerprint density at radius 2 is 1.47 bits per heavy atom. The maximum absolute atomic E-state index is 6.55. The number of ether oxygens (including phenoxy) is 1. The number of halogens is 1. The molecule has 3 rings (SSSR count). The topological polar surface area (TPSA) is 33.3 Å². The Hall–Kier alpha value is -2.49. The van der Waals surface area contributed by atoms with E-state index in [9.17, 15) is 0 Å². The number of hydrogen-bond donors (Lipinski definition) is 2. The Morgan fingerprint density at radius 3 is 2.07 bits per heavy atom. The molecule has 0 spiro atoms. The summed E-state index contributed by atoms with van der Waals surface area (Å²) in [6.07, 6.45) is -0.234. The van der Waals surface area contributed by atoms with E-state index in [1.807, 2.05) is 24.3 Å². The van der Waals surface area contributed by atoms with Gasteiger partial charge in [-0.15, -0.1) is 0 Å². The van der Waals surface area contributed by atoms with E-state index in [1.54, 1.807) is 0 Å². The Morgan fingerprint density at radius 1 is 0.833 bits per heavy atom. The molecule has 1 unspecified atom stereocenters.